The van der Waals surface area contributed by atoms with E-state index in [1.54, 1.807) is 0 Å². The normalized spacial score (nSPS) is 14.9. The number of nitrogens with zero attached hydrogens (tertiary/aromatic N) is 1. The largest absolute Gasteiger partial charge is 0.339 e. The number of amides is 1. The molecule has 1 aliphatic heterocycles. The van der Waals surface area contributed by atoms with E-state index < -0.39 is 0 Å². The summed E-state index contributed by atoms with van der Waals surface area (Å²) in [7, 11) is 0. The maximum atomic E-state index is 12.0. The quantitative estimate of drug-likeness (QED) is 0.710. The van der Waals surface area contributed by atoms with E-state index >= 15 is 0 Å². The van der Waals surface area contributed by atoms with Crippen molar-refractivity contribution >= 4 is 16.7 Å². The van der Waals surface area contributed by atoms with Crippen LogP contribution in [0.1, 0.15) is 16.8 Å². The molecule has 1 amide bonds. The summed E-state index contributed by atoms with van der Waals surface area (Å²) in [6.07, 6.45) is 1.14. The predicted octanol–water partition coefficient (Wildman–Crippen LogP) is 2.69. The van der Waals surface area contributed by atoms with Gasteiger partial charge in [0.15, 0.2) is 0 Å². The molecule has 80 valence electrons. The Bertz CT molecular complexity index is 543. The number of carbonyl (C=O) groups is 1. The number of fused-ring (bicyclic) bond motifs is 1. The molecule has 3 rings (SSSR count). The molecule has 0 atom stereocenters. The molecule has 2 aromatic carbocycles. The van der Waals surface area contributed by atoms with E-state index in [0.717, 1.165) is 30.5 Å². The maximum Gasteiger partial charge on any atom is 0.253 e. The first-order valence-corrected chi connectivity index (χ1v) is 5.63. The van der Waals surface area contributed by atoms with Crippen LogP contribution in [0.15, 0.2) is 42.5 Å². The van der Waals surface area contributed by atoms with Gasteiger partial charge in [0.25, 0.3) is 5.91 Å². The fourth-order valence-electron chi connectivity index (χ4n) is 2.02. The Labute approximate surface area is 94.5 Å². The number of likely N-dealkylation sites (tertiary alicyclic amines) is 1. The first-order valence-electron chi connectivity index (χ1n) is 5.63. The molecule has 0 spiro atoms. The lowest BCUT2D eigenvalue weighted by atomic mass is 10.1. The van der Waals surface area contributed by atoms with Crippen molar-refractivity contribution in [1.29, 1.82) is 0 Å². The average Bonchev–Trinajstić information content (AvgIpc) is 2.26. The van der Waals surface area contributed by atoms with Crippen LogP contribution < -0.4 is 0 Å². The predicted molar refractivity (Wildman–Crippen MR) is 64.5 cm³/mol. The number of hydrogen-bond donors (Lipinski definition) is 0. The Kier molecular flexibility index (Phi) is 2.13. The van der Waals surface area contributed by atoms with Gasteiger partial charge in [0, 0.05) is 18.7 Å². The highest BCUT2D eigenvalue weighted by Gasteiger charge is 2.21. The number of hydrogen-bond acceptors (Lipinski definition) is 1. The van der Waals surface area contributed by atoms with Gasteiger partial charge < -0.3 is 4.90 Å². The van der Waals surface area contributed by atoms with E-state index in [-0.39, 0.29) is 5.91 Å². The second-order valence-electron chi connectivity index (χ2n) is 4.21. The zero-order valence-electron chi connectivity index (χ0n) is 9.02. The molecule has 2 aromatic rings. The summed E-state index contributed by atoms with van der Waals surface area (Å²) in [5, 5.41) is 2.32. The molecule has 0 aromatic heterocycles. The molecular weight excluding hydrogens is 198 g/mol. The number of rotatable bonds is 1. The molecule has 1 heterocycles. The Morgan fingerprint density at radius 1 is 1.00 bits per heavy atom. The Hall–Kier alpha value is -1.83. The summed E-state index contributed by atoms with van der Waals surface area (Å²) in [5.41, 5.74) is 0.804. The summed E-state index contributed by atoms with van der Waals surface area (Å²) in [6.45, 7) is 1.82. The second-order valence-corrected chi connectivity index (χ2v) is 4.21. The molecule has 0 N–H and O–H groups in total. The molecular formula is C14H13NO. The SMILES string of the molecule is O=C(c1ccc2ccccc2c1)N1CCC1. The topological polar surface area (TPSA) is 20.3 Å². The average molecular weight is 211 g/mol. The van der Waals surface area contributed by atoms with Crippen LogP contribution in [0, 0.1) is 0 Å². The molecule has 2 heteroatoms. The lowest BCUT2D eigenvalue weighted by Gasteiger charge is -2.30. The molecule has 1 fully saturated rings. The minimum absolute atomic E-state index is 0.164. The van der Waals surface area contributed by atoms with Crippen molar-refractivity contribution in [1.82, 2.24) is 4.90 Å². The molecule has 0 aliphatic carbocycles. The minimum Gasteiger partial charge on any atom is -0.339 e. The van der Waals surface area contributed by atoms with Gasteiger partial charge in [0.2, 0.25) is 0 Å². The van der Waals surface area contributed by atoms with Gasteiger partial charge in [-0.2, -0.15) is 0 Å². The van der Waals surface area contributed by atoms with Gasteiger partial charge >= 0.3 is 0 Å². The first kappa shape index (κ1) is 9.40. The van der Waals surface area contributed by atoms with Crippen molar-refractivity contribution in [3.05, 3.63) is 48.0 Å². The molecule has 0 bridgehead atoms. The van der Waals surface area contributed by atoms with Gasteiger partial charge in [-0.25, -0.2) is 0 Å². The van der Waals surface area contributed by atoms with Gasteiger partial charge in [0.1, 0.15) is 0 Å². The van der Waals surface area contributed by atoms with E-state index in [0.29, 0.717) is 0 Å². The van der Waals surface area contributed by atoms with E-state index in [2.05, 4.69) is 6.07 Å². The maximum absolute atomic E-state index is 12.0. The van der Waals surface area contributed by atoms with Crippen LogP contribution in [-0.2, 0) is 0 Å². The van der Waals surface area contributed by atoms with Gasteiger partial charge in [0.05, 0.1) is 0 Å². The van der Waals surface area contributed by atoms with Crippen molar-refractivity contribution in [2.75, 3.05) is 13.1 Å². The minimum atomic E-state index is 0.164. The van der Waals surface area contributed by atoms with Gasteiger partial charge in [-0.1, -0.05) is 30.3 Å². The zero-order chi connectivity index (χ0) is 11.0. The van der Waals surface area contributed by atoms with Gasteiger partial charge in [-0.3, -0.25) is 4.79 Å². The highest BCUT2D eigenvalue weighted by molar-refractivity contribution is 5.98. The number of benzene rings is 2. The Balaban J connectivity index is 2.01. The monoisotopic (exact) mass is 211 g/mol. The number of carbonyl (C=O) groups excluding carboxylic acids is 1. The Morgan fingerprint density at radius 3 is 2.44 bits per heavy atom. The third-order valence-corrected chi connectivity index (χ3v) is 3.14. The molecule has 2 nitrogen and oxygen atoms in total. The summed E-state index contributed by atoms with van der Waals surface area (Å²) >= 11 is 0. The van der Waals surface area contributed by atoms with Crippen LogP contribution in [-0.4, -0.2) is 23.9 Å². The van der Waals surface area contributed by atoms with Gasteiger partial charge in [-0.05, 0) is 29.3 Å². The Morgan fingerprint density at radius 2 is 1.75 bits per heavy atom. The smallest absolute Gasteiger partial charge is 0.253 e. The van der Waals surface area contributed by atoms with Crippen molar-refractivity contribution in [3.8, 4) is 0 Å². The standard InChI is InChI=1S/C14H13NO/c16-14(15-8-3-9-15)13-7-6-11-4-1-2-5-12(11)10-13/h1-2,4-7,10H,3,8-9H2. The van der Waals surface area contributed by atoms with E-state index in [4.69, 9.17) is 0 Å². The lowest BCUT2D eigenvalue weighted by Crippen LogP contribution is -2.41. The van der Waals surface area contributed by atoms with Crippen molar-refractivity contribution in [2.24, 2.45) is 0 Å². The highest BCUT2D eigenvalue weighted by atomic mass is 16.2. The van der Waals surface area contributed by atoms with E-state index in [1.807, 2.05) is 41.3 Å². The van der Waals surface area contributed by atoms with Crippen molar-refractivity contribution in [3.63, 3.8) is 0 Å². The molecule has 0 unspecified atom stereocenters. The third-order valence-electron chi connectivity index (χ3n) is 3.14. The molecule has 0 radical (unpaired) electrons. The summed E-state index contributed by atoms with van der Waals surface area (Å²) in [6, 6.07) is 14.0. The lowest BCUT2D eigenvalue weighted by molar-refractivity contribution is 0.0652. The zero-order valence-corrected chi connectivity index (χ0v) is 9.02. The molecule has 1 saturated heterocycles. The molecule has 1 aliphatic rings. The van der Waals surface area contributed by atoms with Crippen LogP contribution in [0.3, 0.4) is 0 Å². The van der Waals surface area contributed by atoms with Crippen molar-refractivity contribution in [2.45, 2.75) is 6.42 Å². The van der Waals surface area contributed by atoms with Crippen LogP contribution >= 0.6 is 0 Å². The fourth-order valence-corrected chi connectivity index (χ4v) is 2.02. The highest BCUT2D eigenvalue weighted by Crippen LogP contribution is 2.18. The van der Waals surface area contributed by atoms with Crippen LogP contribution in [0.5, 0.6) is 0 Å². The van der Waals surface area contributed by atoms with Crippen LogP contribution in [0.2, 0.25) is 0 Å². The fraction of sp³-hybridized carbons (Fsp3) is 0.214. The van der Waals surface area contributed by atoms with Crippen molar-refractivity contribution < 1.29 is 4.79 Å². The first-order chi connectivity index (χ1) is 7.84. The van der Waals surface area contributed by atoms with E-state index in [9.17, 15) is 4.79 Å². The molecule has 16 heavy (non-hydrogen) atoms. The molecule has 0 saturated carbocycles. The third kappa shape index (κ3) is 1.47. The summed E-state index contributed by atoms with van der Waals surface area (Å²) < 4.78 is 0. The summed E-state index contributed by atoms with van der Waals surface area (Å²) in [5.74, 6) is 0.164. The van der Waals surface area contributed by atoms with E-state index in [1.165, 1.54) is 5.39 Å². The second kappa shape index (κ2) is 3.63. The van der Waals surface area contributed by atoms with Crippen LogP contribution in [0.25, 0.3) is 10.8 Å². The summed E-state index contributed by atoms with van der Waals surface area (Å²) in [4.78, 5) is 13.9. The van der Waals surface area contributed by atoms with Crippen LogP contribution in [0.4, 0.5) is 0 Å². The van der Waals surface area contributed by atoms with Gasteiger partial charge in [-0.15, -0.1) is 0 Å².